The Kier molecular flexibility index (Phi) is 3.91. The Morgan fingerprint density at radius 2 is 2.30 bits per heavy atom. The minimum absolute atomic E-state index is 0.113. The fraction of sp³-hybridized carbons (Fsp3) is 0.375. The number of benzene rings is 1. The van der Waals surface area contributed by atoms with Crippen LogP contribution < -0.4 is 0 Å². The van der Waals surface area contributed by atoms with E-state index >= 15 is 0 Å². The lowest BCUT2D eigenvalue weighted by Crippen LogP contribution is -2.22. The zero-order chi connectivity index (χ0) is 13.8. The normalized spacial score (nSPS) is 18.9. The summed E-state index contributed by atoms with van der Waals surface area (Å²) in [5, 5.41) is 10.0. The van der Waals surface area contributed by atoms with Crippen LogP contribution >= 0.6 is 0 Å². The molecule has 1 saturated heterocycles. The second-order valence-electron chi connectivity index (χ2n) is 4.89. The number of hydrogen-bond acceptors (Lipinski definition) is 4. The summed E-state index contributed by atoms with van der Waals surface area (Å²) in [6.07, 6.45) is 4.84. The van der Waals surface area contributed by atoms with Crippen LogP contribution in [0.2, 0.25) is 0 Å². The topological polar surface area (TPSA) is 55.1 Å². The molecule has 102 valence electrons. The van der Waals surface area contributed by atoms with Crippen LogP contribution in [0.4, 0.5) is 0 Å². The third kappa shape index (κ3) is 2.64. The van der Waals surface area contributed by atoms with E-state index in [1.807, 2.05) is 24.3 Å². The van der Waals surface area contributed by atoms with Gasteiger partial charge in [0.15, 0.2) is 6.29 Å². The van der Waals surface area contributed by atoms with E-state index in [2.05, 4.69) is 11.1 Å². The molecule has 3 rings (SSSR count). The van der Waals surface area contributed by atoms with E-state index in [4.69, 9.17) is 14.7 Å². The number of rotatable bonds is 3. The maximum Gasteiger partial charge on any atom is 0.158 e. The lowest BCUT2D eigenvalue weighted by molar-refractivity contribution is -0.168. The second-order valence-corrected chi connectivity index (χ2v) is 4.89. The Balaban J connectivity index is 1.83. The number of aromatic nitrogens is 1. The summed E-state index contributed by atoms with van der Waals surface area (Å²) in [4.78, 5) is 4.38. The average molecular weight is 268 g/mol. The van der Waals surface area contributed by atoms with Gasteiger partial charge in [0.05, 0.1) is 23.8 Å². The molecule has 4 heteroatoms. The molecule has 0 spiro atoms. The fourth-order valence-electron chi connectivity index (χ4n) is 2.47. The van der Waals surface area contributed by atoms with Gasteiger partial charge in [0.25, 0.3) is 0 Å². The number of pyridine rings is 1. The maximum atomic E-state index is 9.13. The molecule has 0 aliphatic carbocycles. The molecule has 2 heterocycles. The minimum Gasteiger partial charge on any atom is -0.353 e. The zero-order valence-electron chi connectivity index (χ0n) is 11.2. The predicted molar refractivity (Wildman–Crippen MR) is 74.8 cm³/mol. The molecule has 0 radical (unpaired) electrons. The van der Waals surface area contributed by atoms with Crippen LogP contribution in [0.1, 0.15) is 30.4 Å². The van der Waals surface area contributed by atoms with Crippen molar-refractivity contribution in [1.29, 1.82) is 5.26 Å². The van der Waals surface area contributed by atoms with Gasteiger partial charge in [0.1, 0.15) is 0 Å². The number of hydrogen-bond donors (Lipinski definition) is 0. The third-order valence-electron chi connectivity index (χ3n) is 3.54. The molecule has 1 atom stereocenters. The first-order valence-electron chi connectivity index (χ1n) is 6.88. The third-order valence-corrected chi connectivity index (χ3v) is 3.54. The number of nitriles is 1. The van der Waals surface area contributed by atoms with Gasteiger partial charge in [-0.15, -0.1) is 0 Å². The zero-order valence-corrected chi connectivity index (χ0v) is 11.2. The van der Waals surface area contributed by atoms with Crippen LogP contribution in [0, 0.1) is 11.3 Å². The van der Waals surface area contributed by atoms with Crippen molar-refractivity contribution in [2.24, 2.45) is 0 Å². The number of nitrogens with zero attached hydrogens (tertiary/aromatic N) is 2. The van der Waals surface area contributed by atoms with Gasteiger partial charge >= 0.3 is 0 Å². The standard InChI is InChI=1S/C16H16N2O2/c17-10-12-6-7-13(16-14(12)4-3-8-18-16)11-20-15-5-1-2-9-19-15/h3-4,6-8,15H,1-2,5,9,11H2. The van der Waals surface area contributed by atoms with E-state index in [9.17, 15) is 0 Å². The van der Waals surface area contributed by atoms with Gasteiger partial charge in [-0.1, -0.05) is 6.07 Å². The smallest absolute Gasteiger partial charge is 0.158 e. The highest BCUT2D eigenvalue weighted by Crippen LogP contribution is 2.22. The molecule has 2 aromatic rings. The van der Waals surface area contributed by atoms with E-state index in [0.29, 0.717) is 12.2 Å². The van der Waals surface area contributed by atoms with Gasteiger partial charge in [0.2, 0.25) is 0 Å². The molecule has 0 amide bonds. The van der Waals surface area contributed by atoms with Gasteiger partial charge in [-0.25, -0.2) is 0 Å². The summed E-state index contributed by atoms with van der Waals surface area (Å²) in [6, 6.07) is 9.70. The lowest BCUT2D eigenvalue weighted by atomic mass is 10.1. The van der Waals surface area contributed by atoms with Crippen LogP contribution in [0.3, 0.4) is 0 Å². The first-order chi connectivity index (χ1) is 9.88. The molecule has 4 nitrogen and oxygen atoms in total. The summed E-state index contributed by atoms with van der Waals surface area (Å²) in [6.45, 7) is 1.24. The molecular weight excluding hydrogens is 252 g/mol. The van der Waals surface area contributed by atoms with Crippen LogP contribution in [0.25, 0.3) is 10.9 Å². The van der Waals surface area contributed by atoms with Crippen molar-refractivity contribution in [3.05, 3.63) is 41.6 Å². The fourth-order valence-corrected chi connectivity index (χ4v) is 2.47. The summed E-state index contributed by atoms with van der Waals surface area (Å²) in [5.74, 6) is 0. The van der Waals surface area contributed by atoms with Crippen molar-refractivity contribution >= 4 is 10.9 Å². The molecule has 1 aromatic heterocycles. The average Bonchev–Trinajstić information content (AvgIpc) is 2.53. The Morgan fingerprint density at radius 1 is 1.35 bits per heavy atom. The van der Waals surface area contributed by atoms with Crippen LogP contribution in [0.5, 0.6) is 0 Å². The number of fused-ring (bicyclic) bond motifs is 1. The Morgan fingerprint density at radius 3 is 3.10 bits per heavy atom. The summed E-state index contributed by atoms with van der Waals surface area (Å²) in [5.41, 5.74) is 2.47. The molecule has 1 aliphatic rings. The summed E-state index contributed by atoms with van der Waals surface area (Å²) < 4.78 is 11.4. The maximum absolute atomic E-state index is 9.13. The highest BCUT2D eigenvalue weighted by atomic mass is 16.7. The molecule has 20 heavy (non-hydrogen) atoms. The van der Waals surface area contributed by atoms with Crippen LogP contribution in [0.15, 0.2) is 30.5 Å². The van der Waals surface area contributed by atoms with E-state index < -0.39 is 0 Å². The molecule has 0 N–H and O–H groups in total. The van der Waals surface area contributed by atoms with Gasteiger partial charge in [0, 0.05) is 23.8 Å². The van der Waals surface area contributed by atoms with Crippen molar-refractivity contribution in [2.45, 2.75) is 32.2 Å². The van der Waals surface area contributed by atoms with E-state index in [-0.39, 0.29) is 6.29 Å². The Bertz CT molecular complexity index is 642. The molecule has 1 aliphatic heterocycles. The van der Waals surface area contributed by atoms with Crippen LogP contribution in [-0.4, -0.2) is 17.9 Å². The summed E-state index contributed by atoms with van der Waals surface area (Å²) >= 11 is 0. The molecule has 1 unspecified atom stereocenters. The van der Waals surface area contributed by atoms with Crippen molar-refractivity contribution in [3.63, 3.8) is 0 Å². The van der Waals surface area contributed by atoms with Gasteiger partial charge in [-0.05, 0) is 37.5 Å². The first-order valence-corrected chi connectivity index (χ1v) is 6.88. The molecule has 1 aromatic carbocycles. The SMILES string of the molecule is N#Cc1ccc(COC2CCCCO2)c2ncccc12. The largest absolute Gasteiger partial charge is 0.353 e. The predicted octanol–water partition coefficient (Wildman–Crippen LogP) is 3.15. The minimum atomic E-state index is -0.113. The van der Waals surface area contributed by atoms with Crippen molar-refractivity contribution in [3.8, 4) is 6.07 Å². The lowest BCUT2D eigenvalue weighted by Gasteiger charge is -2.22. The van der Waals surface area contributed by atoms with Gasteiger partial charge < -0.3 is 9.47 Å². The highest BCUT2D eigenvalue weighted by Gasteiger charge is 2.15. The Hall–Kier alpha value is -1.96. The van der Waals surface area contributed by atoms with Crippen LogP contribution in [-0.2, 0) is 16.1 Å². The first kappa shape index (κ1) is 13.0. The summed E-state index contributed by atoms with van der Waals surface area (Å²) in [7, 11) is 0. The van der Waals surface area contributed by atoms with Crippen molar-refractivity contribution in [2.75, 3.05) is 6.61 Å². The second kappa shape index (κ2) is 6.00. The quantitative estimate of drug-likeness (QED) is 0.858. The molecule has 0 bridgehead atoms. The van der Waals surface area contributed by atoms with E-state index in [1.165, 1.54) is 0 Å². The van der Waals surface area contributed by atoms with Crippen molar-refractivity contribution in [1.82, 2.24) is 4.98 Å². The van der Waals surface area contributed by atoms with Crippen molar-refractivity contribution < 1.29 is 9.47 Å². The molecule has 0 saturated carbocycles. The number of ether oxygens (including phenoxy) is 2. The van der Waals surface area contributed by atoms with Gasteiger partial charge in [-0.2, -0.15) is 5.26 Å². The Labute approximate surface area is 118 Å². The molecular formula is C16H16N2O2. The molecule has 1 fully saturated rings. The van der Waals surface area contributed by atoms with Gasteiger partial charge in [-0.3, -0.25) is 4.98 Å². The van der Waals surface area contributed by atoms with E-state index in [1.54, 1.807) is 6.20 Å². The highest BCUT2D eigenvalue weighted by molar-refractivity contribution is 5.87. The monoisotopic (exact) mass is 268 g/mol. The van der Waals surface area contributed by atoms with E-state index in [0.717, 1.165) is 42.3 Å².